The highest BCUT2D eigenvalue weighted by Crippen LogP contribution is 2.25. The van der Waals surface area contributed by atoms with Crippen molar-refractivity contribution in [1.82, 2.24) is 4.90 Å². The van der Waals surface area contributed by atoms with E-state index < -0.39 is 24.3 Å². The molecule has 0 aromatic heterocycles. The molecule has 7 heteroatoms. The average Bonchev–Trinajstić information content (AvgIpc) is 2.15. The Morgan fingerprint density at radius 1 is 1.47 bits per heavy atom. The second kappa shape index (κ2) is 5.29. The topological polar surface area (TPSA) is 46.3 Å². The number of nitrogens with zero attached hydrogens (tertiary/aromatic N) is 1. The van der Waals surface area contributed by atoms with E-state index in [4.69, 9.17) is 5.73 Å². The van der Waals surface area contributed by atoms with Gasteiger partial charge >= 0.3 is 12.3 Å². The maximum Gasteiger partial charge on any atom is 0.383 e. The number of hydrogen-bond acceptors (Lipinski definition) is 2. The molecule has 0 bridgehead atoms. The minimum atomic E-state index is -4.63. The van der Waals surface area contributed by atoms with Crippen LogP contribution >= 0.6 is 0 Å². The third-order valence-corrected chi connectivity index (χ3v) is 2.13. The Balaban J connectivity index is 4.57. The van der Waals surface area contributed by atoms with Gasteiger partial charge in [0.1, 0.15) is 0 Å². The van der Waals surface area contributed by atoms with Gasteiger partial charge in [-0.2, -0.15) is 8.78 Å². The first kappa shape index (κ1) is 14.2. The van der Waals surface area contributed by atoms with Crippen molar-refractivity contribution in [2.45, 2.75) is 31.7 Å². The largest absolute Gasteiger partial charge is 0.383 e. The summed E-state index contributed by atoms with van der Waals surface area (Å²) in [6, 6.07) is -0.591. The van der Waals surface area contributed by atoms with Crippen molar-refractivity contribution >= 4 is 5.91 Å². The van der Waals surface area contributed by atoms with Gasteiger partial charge in [0, 0.05) is 13.1 Å². The second-order valence-corrected chi connectivity index (χ2v) is 3.27. The van der Waals surface area contributed by atoms with Crippen molar-refractivity contribution in [1.29, 1.82) is 0 Å². The van der Waals surface area contributed by atoms with E-state index in [1.54, 1.807) is 0 Å². The summed E-state index contributed by atoms with van der Waals surface area (Å²) in [5.74, 6) is -6.50. The van der Waals surface area contributed by atoms with E-state index in [1.165, 1.54) is 6.92 Å². The van der Waals surface area contributed by atoms with Gasteiger partial charge in [-0.05, 0) is 19.9 Å². The van der Waals surface area contributed by atoms with Crippen LogP contribution in [0.25, 0.3) is 0 Å². The lowest BCUT2D eigenvalue weighted by Gasteiger charge is -2.28. The maximum absolute atomic E-state index is 12.6. The Labute approximate surface area is 85.2 Å². The summed E-state index contributed by atoms with van der Waals surface area (Å²) >= 11 is 0. The fraction of sp³-hybridized carbons (Fsp3) is 0.875. The molecule has 0 aliphatic carbocycles. The number of nitrogens with two attached hydrogens (primary N) is 1. The molecular formula is C8H14F4N2O. The summed E-state index contributed by atoms with van der Waals surface area (Å²) in [6.45, 7) is 1.66. The van der Waals surface area contributed by atoms with Crippen molar-refractivity contribution in [3.05, 3.63) is 0 Å². The standard InChI is InChI=1S/C8H14F4N2O/c1-5(3-4-13)14(2)7(15)8(11,12)6(9)10/h5-6H,3-4,13H2,1-2H3. The lowest BCUT2D eigenvalue weighted by molar-refractivity contribution is -0.181. The summed E-state index contributed by atoms with van der Waals surface area (Å²) < 4.78 is 48.9. The fourth-order valence-corrected chi connectivity index (χ4v) is 0.963. The van der Waals surface area contributed by atoms with Crippen LogP contribution in [-0.4, -0.2) is 42.8 Å². The normalized spacial score (nSPS) is 14.1. The first-order chi connectivity index (χ1) is 6.75. The van der Waals surface area contributed by atoms with Gasteiger partial charge in [0.25, 0.3) is 5.91 Å². The number of carbonyl (C=O) groups excluding carboxylic acids is 1. The van der Waals surface area contributed by atoms with E-state index in [9.17, 15) is 22.4 Å². The van der Waals surface area contributed by atoms with Crippen LogP contribution in [0.4, 0.5) is 17.6 Å². The highest BCUT2D eigenvalue weighted by molar-refractivity contribution is 5.84. The lowest BCUT2D eigenvalue weighted by Crippen LogP contribution is -2.49. The molecule has 3 nitrogen and oxygen atoms in total. The molecule has 0 fully saturated rings. The first-order valence-corrected chi connectivity index (χ1v) is 4.38. The third kappa shape index (κ3) is 3.33. The number of hydrogen-bond donors (Lipinski definition) is 1. The van der Waals surface area contributed by atoms with Crippen LogP contribution < -0.4 is 5.73 Å². The molecule has 0 radical (unpaired) electrons. The van der Waals surface area contributed by atoms with E-state index >= 15 is 0 Å². The lowest BCUT2D eigenvalue weighted by atomic mass is 10.2. The van der Waals surface area contributed by atoms with Crippen LogP contribution in [0.2, 0.25) is 0 Å². The average molecular weight is 230 g/mol. The van der Waals surface area contributed by atoms with E-state index in [1.807, 2.05) is 0 Å². The number of alkyl halides is 4. The Morgan fingerprint density at radius 2 is 1.93 bits per heavy atom. The molecule has 0 aromatic carbocycles. The molecule has 0 aromatic rings. The Hall–Kier alpha value is -0.850. The van der Waals surface area contributed by atoms with Gasteiger partial charge in [0.2, 0.25) is 0 Å². The molecule has 0 aliphatic rings. The van der Waals surface area contributed by atoms with Crippen molar-refractivity contribution in [2.75, 3.05) is 13.6 Å². The monoisotopic (exact) mass is 230 g/mol. The molecule has 2 N–H and O–H groups in total. The van der Waals surface area contributed by atoms with Crippen molar-refractivity contribution in [2.24, 2.45) is 5.73 Å². The molecule has 0 spiro atoms. The Bertz CT molecular complexity index is 223. The van der Waals surface area contributed by atoms with Gasteiger partial charge in [-0.25, -0.2) is 8.78 Å². The van der Waals surface area contributed by atoms with E-state index in [-0.39, 0.29) is 13.0 Å². The molecular weight excluding hydrogens is 216 g/mol. The number of amides is 1. The minimum absolute atomic E-state index is 0.193. The van der Waals surface area contributed by atoms with Gasteiger partial charge in [0.15, 0.2) is 0 Å². The summed E-state index contributed by atoms with van der Waals surface area (Å²) in [4.78, 5) is 11.6. The Kier molecular flexibility index (Phi) is 4.99. The third-order valence-electron chi connectivity index (χ3n) is 2.13. The highest BCUT2D eigenvalue weighted by Gasteiger charge is 2.50. The molecule has 1 atom stereocenters. The van der Waals surface area contributed by atoms with Crippen LogP contribution in [-0.2, 0) is 4.79 Å². The Morgan fingerprint density at radius 3 is 2.27 bits per heavy atom. The van der Waals surface area contributed by atoms with Gasteiger partial charge in [0.05, 0.1) is 0 Å². The van der Waals surface area contributed by atoms with Crippen LogP contribution in [0.1, 0.15) is 13.3 Å². The smallest absolute Gasteiger partial charge is 0.338 e. The summed E-state index contributed by atoms with van der Waals surface area (Å²) in [6.07, 6.45) is -3.71. The quantitative estimate of drug-likeness (QED) is 0.718. The molecule has 0 saturated heterocycles. The van der Waals surface area contributed by atoms with E-state index in [2.05, 4.69) is 0 Å². The fourth-order valence-electron chi connectivity index (χ4n) is 0.963. The van der Waals surface area contributed by atoms with Crippen LogP contribution in [0, 0.1) is 0 Å². The molecule has 1 unspecified atom stereocenters. The van der Waals surface area contributed by atoms with Crippen LogP contribution in [0.15, 0.2) is 0 Å². The predicted molar refractivity (Wildman–Crippen MR) is 46.9 cm³/mol. The molecule has 0 rings (SSSR count). The molecule has 0 saturated carbocycles. The second-order valence-electron chi connectivity index (χ2n) is 3.27. The summed E-state index contributed by atoms with van der Waals surface area (Å²) in [5.41, 5.74) is 5.16. The summed E-state index contributed by atoms with van der Waals surface area (Å²) in [5, 5.41) is 0. The minimum Gasteiger partial charge on any atom is -0.338 e. The SMILES string of the molecule is CC(CCN)N(C)C(=O)C(F)(F)C(F)F. The van der Waals surface area contributed by atoms with Gasteiger partial charge in [-0.3, -0.25) is 4.79 Å². The molecule has 0 heterocycles. The highest BCUT2D eigenvalue weighted by atomic mass is 19.3. The zero-order valence-corrected chi connectivity index (χ0v) is 8.51. The first-order valence-electron chi connectivity index (χ1n) is 4.38. The van der Waals surface area contributed by atoms with Gasteiger partial charge in [-0.1, -0.05) is 0 Å². The number of rotatable bonds is 5. The van der Waals surface area contributed by atoms with Crippen LogP contribution in [0.3, 0.4) is 0 Å². The molecule has 15 heavy (non-hydrogen) atoms. The maximum atomic E-state index is 12.6. The predicted octanol–water partition coefficient (Wildman–Crippen LogP) is 1.08. The van der Waals surface area contributed by atoms with Crippen molar-refractivity contribution in [3.8, 4) is 0 Å². The van der Waals surface area contributed by atoms with Crippen molar-refractivity contribution < 1.29 is 22.4 Å². The van der Waals surface area contributed by atoms with E-state index in [0.717, 1.165) is 7.05 Å². The zero-order valence-electron chi connectivity index (χ0n) is 8.51. The molecule has 1 amide bonds. The zero-order chi connectivity index (χ0) is 12.2. The van der Waals surface area contributed by atoms with E-state index in [0.29, 0.717) is 4.90 Å². The number of carbonyl (C=O) groups is 1. The molecule has 90 valence electrons. The summed E-state index contributed by atoms with van der Waals surface area (Å²) in [7, 11) is 1.05. The van der Waals surface area contributed by atoms with Gasteiger partial charge in [-0.15, -0.1) is 0 Å². The van der Waals surface area contributed by atoms with Gasteiger partial charge < -0.3 is 10.6 Å². The number of halogens is 4. The van der Waals surface area contributed by atoms with Crippen LogP contribution in [0.5, 0.6) is 0 Å². The van der Waals surface area contributed by atoms with Crippen molar-refractivity contribution in [3.63, 3.8) is 0 Å². The molecule has 0 aliphatic heterocycles.